The van der Waals surface area contributed by atoms with E-state index in [-0.39, 0.29) is 12.1 Å². The summed E-state index contributed by atoms with van der Waals surface area (Å²) in [5, 5.41) is 3.43. The molecule has 0 spiro atoms. The third kappa shape index (κ3) is 4.11. The number of carbonyl (C=O) groups excluding carboxylic acids is 1. The number of benzene rings is 1. The summed E-state index contributed by atoms with van der Waals surface area (Å²) in [4.78, 5) is 13.9. The zero-order chi connectivity index (χ0) is 15.5. The van der Waals surface area contributed by atoms with Crippen molar-refractivity contribution in [2.45, 2.75) is 32.4 Å². The highest BCUT2D eigenvalue weighted by atomic mass is 16.6. The minimum Gasteiger partial charge on any atom is -0.496 e. The van der Waals surface area contributed by atoms with E-state index in [1.165, 1.54) is 0 Å². The Hall–Kier alpha value is -1.75. The van der Waals surface area contributed by atoms with Crippen molar-refractivity contribution >= 4 is 6.09 Å². The Morgan fingerprint density at radius 1 is 1.33 bits per heavy atom. The molecule has 0 aromatic heterocycles. The van der Waals surface area contributed by atoms with Crippen LogP contribution in [0.3, 0.4) is 0 Å². The average molecular weight is 292 g/mol. The van der Waals surface area contributed by atoms with Crippen molar-refractivity contribution in [3.8, 4) is 5.75 Å². The lowest BCUT2D eigenvalue weighted by Gasteiger charge is -2.35. The van der Waals surface area contributed by atoms with Crippen molar-refractivity contribution in [3.05, 3.63) is 29.8 Å². The summed E-state index contributed by atoms with van der Waals surface area (Å²) in [6, 6.07) is 7.93. The summed E-state index contributed by atoms with van der Waals surface area (Å²) in [6.45, 7) is 7.61. The van der Waals surface area contributed by atoms with Gasteiger partial charge in [-0.25, -0.2) is 4.79 Å². The van der Waals surface area contributed by atoms with E-state index in [2.05, 4.69) is 5.32 Å². The van der Waals surface area contributed by atoms with Crippen LogP contribution in [-0.4, -0.2) is 43.3 Å². The van der Waals surface area contributed by atoms with Crippen LogP contribution in [0.1, 0.15) is 32.4 Å². The van der Waals surface area contributed by atoms with Crippen molar-refractivity contribution in [1.82, 2.24) is 10.2 Å². The number of amides is 1. The summed E-state index contributed by atoms with van der Waals surface area (Å²) in [6.07, 6.45) is -0.260. The largest absolute Gasteiger partial charge is 0.496 e. The summed E-state index contributed by atoms with van der Waals surface area (Å²) in [7, 11) is 1.66. The van der Waals surface area contributed by atoms with Crippen LogP contribution in [0, 0.1) is 0 Å². The molecule has 1 aliphatic rings. The van der Waals surface area contributed by atoms with Gasteiger partial charge in [-0.05, 0) is 26.8 Å². The second-order valence-corrected chi connectivity index (χ2v) is 6.18. The molecule has 21 heavy (non-hydrogen) atoms. The number of ether oxygens (including phenoxy) is 2. The normalized spacial score (nSPS) is 19.2. The van der Waals surface area contributed by atoms with E-state index in [0.29, 0.717) is 13.1 Å². The van der Waals surface area contributed by atoms with E-state index in [1.54, 1.807) is 12.0 Å². The monoisotopic (exact) mass is 292 g/mol. The summed E-state index contributed by atoms with van der Waals surface area (Å²) < 4.78 is 10.8. The van der Waals surface area contributed by atoms with Gasteiger partial charge in [-0.1, -0.05) is 18.2 Å². The van der Waals surface area contributed by atoms with E-state index in [0.717, 1.165) is 17.9 Å². The van der Waals surface area contributed by atoms with Crippen molar-refractivity contribution in [1.29, 1.82) is 0 Å². The molecule has 1 atom stereocenters. The topological polar surface area (TPSA) is 50.8 Å². The Labute approximate surface area is 126 Å². The first-order chi connectivity index (χ1) is 9.90. The van der Waals surface area contributed by atoms with Crippen LogP contribution >= 0.6 is 0 Å². The number of nitrogens with zero attached hydrogens (tertiary/aromatic N) is 1. The first-order valence-electron chi connectivity index (χ1n) is 7.25. The van der Waals surface area contributed by atoms with Crippen LogP contribution in [-0.2, 0) is 4.74 Å². The number of nitrogens with one attached hydrogen (secondary N) is 1. The van der Waals surface area contributed by atoms with Crippen LogP contribution in [0.4, 0.5) is 4.79 Å². The van der Waals surface area contributed by atoms with E-state index < -0.39 is 5.60 Å². The van der Waals surface area contributed by atoms with Gasteiger partial charge < -0.3 is 19.7 Å². The van der Waals surface area contributed by atoms with E-state index >= 15 is 0 Å². The fraction of sp³-hybridized carbons (Fsp3) is 0.562. The molecule has 1 saturated heterocycles. The zero-order valence-electron chi connectivity index (χ0n) is 13.2. The van der Waals surface area contributed by atoms with Gasteiger partial charge in [0, 0.05) is 25.2 Å². The average Bonchev–Trinajstić information content (AvgIpc) is 2.45. The first kappa shape index (κ1) is 15.6. The molecular formula is C16H24N2O3. The Morgan fingerprint density at radius 2 is 2.05 bits per heavy atom. The van der Waals surface area contributed by atoms with Gasteiger partial charge in [-0.15, -0.1) is 0 Å². The van der Waals surface area contributed by atoms with Crippen LogP contribution < -0.4 is 10.1 Å². The molecule has 1 amide bonds. The van der Waals surface area contributed by atoms with Crippen LogP contribution in [0.25, 0.3) is 0 Å². The number of hydrogen-bond acceptors (Lipinski definition) is 4. The van der Waals surface area contributed by atoms with Crippen molar-refractivity contribution in [2.24, 2.45) is 0 Å². The summed E-state index contributed by atoms with van der Waals surface area (Å²) in [5.41, 5.74) is 0.593. The molecule has 1 heterocycles. The third-order valence-electron chi connectivity index (χ3n) is 3.34. The van der Waals surface area contributed by atoms with Gasteiger partial charge in [-0.3, -0.25) is 0 Å². The Morgan fingerprint density at radius 3 is 2.71 bits per heavy atom. The highest BCUT2D eigenvalue weighted by molar-refractivity contribution is 5.68. The SMILES string of the molecule is COc1ccccc1[C@@H]1CN(C(=O)OC(C)(C)C)CCN1. The molecular weight excluding hydrogens is 268 g/mol. The number of methoxy groups -OCH3 is 1. The first-order valence-corrected chi connectivity index (χ1v) is 7.25. The molecule has 0 saturated carbocycles. The molecule has 0 aliphatic carbocycles. The van der Waals surface area contributed by atoms with Gasteiger partial charge in [0.25, 0.3) is 0 Å². The van der Waals surface area contributed by atoms with Crippen molar-refractivity contribution in [2.75, 3.05) is 26.7 Å². The zero-order valence-corrected chi connectivity index (χ0v) is 13.2. The summed E-state index contributed by atoms with van der Waals surface area (Å²) >= 11 is 0. The van der Waals surface area contributed by atoms with Crippen LogP contribution in [0.15, 0.2) is 24.3 Å². The number of carbonyl (C=O) groups is 1. The third-order valence-corrected chi connectivity index (χ3v) is 3.34. The minimum absolute atomic E-state index is 0.0578. The predicted octanol–water partition coefficient (Wildman–Crippen LogP) is 2.58. The highest BCUT2D eigenvalue weighted by Crippen LogP contribution is 2.27. The van der Waals surface area contributed by atoms with Crippen molar-refractivity contribution in [3.63, 3.8) is 0 Å². The van der Waals surface area contributed by atoms with Gasteiger partial charge in [0.15, 0.2) is 0 Å². The van der Waals surface area contributed by atoms with Gasteiger partial charge in [0.1, 0.15) is 11.4 Å². The molecule has 1 N–H and O–H groups in total. The molecule has 5 heteroatoms. The fourth-order valence-corrected chi connectivity index (χ4v) is 2.40. The second-order valence-electron chi connectivity index (χ2n) is 6.18. The lowest BCUT2D eigenvalue weighted by molar-refractivity contribution is 0.0194. The number of hydrogen-bond donors (Lipinski definition) is 1. The summed E-state index contributed by atoms with van der Waals surface area (Å²) in [5.74, 6) is 0.834. The maximum absolute atomic E-state index is 12.2. The fourth-order valence-electron chi connectivity index (χ4n) is 2.40. The van der Waals surface area contributed by atoms with E-state index in [1.807, 2.05) is 45.0 Å². The number of piperazine rings is 1. The van der Waals surface area contributed by atoms with E-state index in [4.69, 9.17) is 9.47 Å². The lowest BCUT2D eigenvalue weighted by atomic mass is 10.0. The molecule has 1 aliphatic heterocycles. The standard InChI is InChI=1S/C16H24N2O3/c1-16(2,3)21-15(19)18-10-9-17-13(11-18)12-7-5-6-8-14(12)20-4/h5-8,13,17H,9-11H2,1-4H3/t13-/m0/s1. The van der Waals surface area contributed by atoms with Gasteiger partial charge in [0.05, 0.1) is 13.2 Å². The Kier molecular flexibility index (Phi) is 4.73. The molecule has 1 fully saturated rings. The minimum atomic E-state index is -0.470. The Balaban J connectivity index is 2.09. The quantitative estimate of drug-likeness (QED) is 0.910. The highest BCUT2D eigenvalue weighted by Gasteiger charge is 2.29. The van der Waals surface area contributed by atoms with E-state index in [9.17, 15) is 4.79 Å². The molecule has 1 aromatic carbocycles. The number of para-hydroxylation sites is 1. The predicted molar refractivity (Wildman–Crippen MR) is 81.5 cm³/mol. The smallest absolute Gasteiger partial charge is 0.410 e. The van der Waals surface area contributed by atoms with Gasteiger partial charge >= 0.3 is 6.09 Å². The molecule has 2 rings (SSSR count). The molecule has 0 bridgehead atoms. The molecule has 0 radical (unpaired) electrons. The number of rotatable bonds is 2. The molecule has 5 nitrogen and oxygen atoms in total. The van der Waals surface area contributed by atoms with Gasteiger partial charge in [-0.2, -0.15) is 0 Å². The maximum Gasteiger partial charge on any atom is 0.410 e. The molecule has 116 valence electrons. The van der Waals surface area contributed by atoms with Gasteiger partial charge in [0.2, 0.25) is 0 Å². The lowest BCUT2D eigenvalue weighted by Crippen LogP contribution is -2.49. The molecule has 0 unspecified atom stereocenters. The Bertz CT molecular complexity index is 497. The van der Waals surface area contributed by atoms with Crippen molar-refractivity contribution < 1.29 is 14.3 Å². The van der Waals surface area contributed by atoms with Crippen LogP contribution in [0.2, 0.25) is 0 Å². The van der Waals surface area contributed by atoms with Crippen LogP contribution in [0.5, 0.6) is 5.75 Å². The molecule has 1 aromatic rings. The second kappa shape index (κ2) is 6.35. The maximum atomic E-state index is 12.2.